The highest BCUT2D eigenvalue weighted by molar-refractivity contribution is 6.29. The lowest BCUT2D eigenvalue weighted by Gasteiger charge is -2.06. The zero-order valence-electron chi connectivity index (χ0n) is 11.2. The number of hydrogen-bond donors (Lipinski definition) is 1. The van der Waals surface area contributed by atoms with E-state index in [-0.39, 0.29) is 22.9 Å². The molecule has 0 aliphatic heterocycles. The number of aromatic nitrogens is 1. The topological polar surface area (TPSA) is 85.1 Å². The van der Waals surface area contributed by atoms with Crippen LogP contribution < -0.4 is 5.32 Å². The highest BCUT2D eigenvalue weighted by Crippen LogP contribution is 2.20. The van der Waals surface area contributed by atoms with Gasteiger partial charge in [0.15, 0.2) is 0 Å². The van der Waals surface area contributed by atoms with E-state index in [0.29, 0.717) is 0 Å². The van der Waals surface area contributed by atoms with Gasteiger partial charge in [0.25, 0.3) is 11.6 Å². The summed E-state index contributed by atoms with van der Waals surface area (Å²) < 4.78 is 0. The second kappa shape index (κ2) is 6.32. The molecule has 0 radical (unpaired) electrons. The number of nitrogens with zero attached hydrogens (tertiary/aromatic N) is 2. The molecule has 0 saturated heterocycles. The predicted molar refractivity (Wildman–Crippen MR) is 78.3 cm³/mol. The molecule has 0 bridgehead atoms. The molecule has 2 aromatic rings. The van der Waals surface area contributed by atoms with Crippen molar-refractivity contribution in [1.29, 1.82) is 0 Å². The first kappa shape index (κ1) is 14.9. The Kier molecular flexibility index (Phi) is 4.49. The molecule has 2 rings (SSSR count). The maximum Gasteiger partial charge on any atom is 0.300 e. The quantitative estimate of drug-likeness (QED) is 0.534. The number of carbonyl (C=O) groups excluding carboxylic acids is 1. The van der Waals surface area contributed by atoms with Crippen molar-refractivity contribution in [3.05, 3.63) is 68.5 Å². The summed E-state index contributed by atoms with van der Waals surface area (Å²) >= 11 is 5.69. The summed E-state index contributed by atoms with van der Waals surface area (Å²) in [4.78, 5) is 25.9. The average Bonchev–Trinajstić information content (AvgIpc) is 2.44. The van der Waals surface area contributed by atoms with Crippen LogP contribution in [0.5, 0.6) is 0 Å². The molecule has 6 nitrogen and oxygen atoms in total. The molecular weight excluding hydrogens is 294 g/mol. The maximum atomic E-state index is 12.1. The van der Waals surface area contributed by atoms with Crippen LogP contribution in [0, 0.1) is 17.0 Å². The molecule has 0 aliphatic rings. The number of amides is 1. The van der Waals surface area contributed by atoms with E-state index >= 15 is 0 Å². The van der Waals surface area contributed by atoms with Crippen LogP contribution in [0.3, 0.4) is 0 Å². The summed E-state index contributed by atoms with van der Waals surface area (Å²) in [5.74, 6) is -0.562. The fourth-order valence-electron chi connectivity index (χ4n) is 1.85. The lowest BCUT2D eigenvalue weighted by molar-refractivity contribution is -0.385. The summed E-state index contributed by atoms with van der Waals surface area (Å²) in [6, 6.07) is 8.79. The molecule has 108 valence electrons. The van der Waals surface area contributed by atoms with Crippen molar-refractivity contribution in [3.8, 4) is 0 Å². The van der Waals surface area contributed by atoms with Gasteiger partial charge in [-0.05, 0) is 18.6 Å². The Bertz CT molecular complexity index is 704. The molecule has 0 unspecified atom stereocenters. The van der Waals surface area contributed by atoms with Crippen LogP contribution in [-0.4, -0.2) is 15.8 Å². The van der Waals surface area contributed by atoms with Crippen LogP contribution in [0.2, 0.25) is 5.15 Å². The van der Waals surface area contributed by atoms with Crippen LogP contribution in [-0.2, 0) is 6.54 Å². The van der Waals surface area contributed by atoms with E-state index in [0.717, 1.165) is 17.3 Å². The molecule has 0 aliphatic carbocycles. The summed E-state index contributed by atoms with van der Waals surface area (Å²) in [7, 11) is 0. The first-order valence-corrected chi connectivity index (χ1v) is 6.49. The lowest BCUT2D eigenvalue weighted by atomic mass is 10.1. The molecule has 1 amide bonds. The minimum absolute atomic E-state index is 0.0290. The third kappa shape index (κ3) is 3.76. The van der Waals surface area contributed by atoms with Crippen molar-refractivity contribution < 1.29 is 9.72 Å². The smallest absolute Gasteiger partial charge is 0.300 e. The summed E-state index contributed by atoms with van der Waals surface area (Å²) in [5, 5.41) is 13.6. The van der Waals surface area contributed by atoms with Gasteiger partial charge in [-0.25, -0.2) is 4.98 Å². The largest absolute Gasteiger partial charge is 0.348 e. The van der Waals surface area contributed by atoms with Gasteiger partial charge in [-0.3, -0.25) is 14.9 Å². The van der Waals surface area contributed by atoms with Crippen molar-refractivity contribution in [2.24, 2.45) is 0 Å². The van der Waals surface area contributed by atoms with Crippen LogP contribution in [0.15, 0.2) is 36.5 Å². The molecule has 0 fully saturated rings. The third-order valence-corrected chi connectivity index (χ3v) is 3.03. The van der Waals surface area contributed by atoms with Crippen molar-refractivity contribution in [1.82, 2.24) is 10.3 Å². The zero-order valence-corrected chi connectivity index (χ0v) is 11.9. The molecule has 7 heteroatoms. The van der Waals surface area contributed by atoms with Gasteiger partial charge in [0.2, 0.25) is 0 Å². The molecule has 0 saturated carbocycles. The van der Waals surface area contributed by atoms with Crippen LogP contribution in [0.1, 0.15) is 21.5 Å². The van der Waals surface area contributed by atoms with Gasteiger partial charge in [0, 0.05) is 6.54 Å². The van der Waals surface area contributed by atoms with E-state index in [1.165, 1.54) is 6.07 Å². The molecule has 1 aromatic carbocycles. The van der Waals surface area contributed by atoms with Gasteiger partial charge in [0.1, 0.15) is 16.9 Å². The highest BCUT2D eigenvalue weighted by Gasteiger charge is 2.21. The molecule has 1 heterocycles. The van der Waals surface area contributed by atoms with E-state index in [9.17, 15) is 14.9 Å². The normalized spacial score (nSPS) is 10.2. The van der Waals surface area contributed by atoms with Gasteiger partial charge in [0.05, 0.1) is 4.92 Å². The molecular formula is C14H12ClN3O3. The number of rotatable bonds is 4. The molecule has 0 spiro atoms. The fourth-order valence-corrected chi connectivity index (χ4v) is 2.01. The van der Waals surface area contributed by atoms with Crippen LogP contribution in [0.25, 0.3) is 0 Å². The Balaban J connectivity index is 2.17. The minimum Gasteiger partial charge on any atom is -0.348 e. The van der Waals surface area contributed by atoms with E-state index in [1.54, 1.807) is 0 Å². The standard InChI is InChI=1S/C14H12ClN3O3/c1-9-3-2-4-10(5-9)7-17-14(19)11-6-13(15)16-8-12(11)18(20)21/h2-6,8H,7H2,1H3,(H,17,19). The van der Waals surface area contributed by atoms with Crippen molar-refractivity contribution in [2.45, 2.75) is 13.5 Å². The number of halogens is 1. The second-order valence-corrected chi connectivity index (χ2v) is 4.84. The monoisotopic (exact) mass is 305 g/mol. The maximum absolute atomic E-state index is 12.1. The molecule has 21 heavy (non-hydrogen) atoms. The summed E-state index contributed by atoms with van der Waals surface area (Å²) in [5.41, 5.74) is 1.50. The van der Waals surface area contributed by atoms with Crippen molar-refractivity contribution in [2.75, 3.05) is 0 Å². The van der Waals surface area contributed by atoms with Crippen molar-refractivity contribution in [3.63, 3.8) is 0 Å². The zero-order chi connectivity index (χ0) is 15.4. The number of carbonyl (C=O) groups is 1. The predicted octanol–water partition coefficient (Wildman–Crippen LogP) is 2.88. The fraction of sp³-hybridized carbons (Fsp3) is 0.143. The minimum atomic E-state index is -0.662. The van der Waals surface area contributed by atoms with Gasteiger partial charge in [-0.1, -0.05) is 41.4 Å². The highest BCUT2D eigenvalue weighted by atomic mass is 35.5. The van der Waals surface area contributed by atoms with Gasteiger partial charge in [-0.2, -0.15) is 0 Å². The second-order valence-electron chi connectivity index (χ2n) is 4.45. The average molecular weight is 306 g/mol. The Morgan fingerprint density at radius 2 is 2.19 bits per heavy atom. The number of nitrogens with one attached hydrogen (secondary N) is 1. The molecule has 1 aromatic heterocycles. The lowest BCUT2D eigenvalue weighted by Crippen LogP contribution is -2.23. The van der Waals surface area contributed by atoms with E-state index in [4.69, 9.17) is 11.6 Å². The summed E-state index contributed by atoms with van der Waals surface area (Å²) in [6.07, 6.45) is 0.976. The van der Waals surface area contributed by atoms with Crippen molar-refractivity contribution >= 4 is 23.2 Å². The number of nitro groups is 1. The first-order valence-electron chi connectivity index (χ1n) is 6.11. The Labute approximate surface area is 125 Å². The third-order valence-electron chi connectivity index (χ3n) is 2.83. The Morgan fingerprint density at radius 1 is 1.43 bits per heavy atom. The first-order chi connectivity index (χ1) is 9.97. The number of pyridine rings is 1. The van der Waals surface area contributed by atoms with E-state index < -0.39 is 10.8 Å². The molecule has 1 N–H and O–H groups in total. The Morgan fingerprint density at radius 3 is 2.86 bits per heavy atom. The van der Waals surface area contributed by atoms with E-state index in [1.807, 2.05) is 31.2 Å². The van der Waals surface area contributed by atoms with Crippen LogP contribution >= 0.6 is 11.6 Å². The van der Waals surface area contributed by atoms with E-state index in [2.05, 4.69) is 10.3 Å². The van der Waals surface area contributed by atoms with Gasteiger partial charge in [-0.15, -0.1) is 0 Å². The summed E-state index contributed by atoms with van der Waals surface area (Å²) in [6.45, 7) is 2.22. The van der Waals surface area contributed by atoms with Crippen LogP contribution in [0.4, 0.5) is 5.69 Å². The van der Waals surface area contributed by atoms with Gasteiger partial charge >= 0.3 is 0 Å². The Hall–Kier alpha value is -2.47. The number of hydrogen-bond acceptors (Lipinski definition) is 4. The number of aryl methyl sites for hydroxylation is 1. The van der Waals surface area contributed by atoms with Gasteiger partial charge < -0.3 is 5.32 Å². The SMILES string of the molecule is Cc1cccc(CNC(=O)c2cc(Cl)ncc2[N+](=O)[O-])c1. The molecule has 0 atom stereocenters. The number of benzene rings is 1.